The van der Waals surface area contributed by atoms with E-state index in [4.69, 9.17) is 9.47 Å². The molecule has 0 saturated heterocycles. The second kappa shape index (κ2) is 7.81. The molecule has 0 aliphatic rings. The molecule has 5 heteroatoms. The number of benzene rings is 1. The zero-order valence-corrected chi connectivity index (χ0v) is 14.6. The molecular weight excluding hydrogens is 304 g/mol. The maximum atomic E-state index is 12.3. The van der Waals surface area contributed by atoms with Gasteiger partial charge in [-0.25, -0.2) is 0 Å². The number of carbonyl (C=O) groups excluding carboxylic acids is 1. The number of ether oxygens (including phenoxy) is 2. The van der Waals surface area contributed by atoms with E-state index >= 15 is 0 Å². The fraction of sp³-hybridized carbons (Fsp3) is 0.368. The Hall–Kier alpha value is -2.56. The number of pyridine rings is 1. The highest BCUT2D eigenvalue weighted by atomic mass is 16.5. The topological polar surface area (TPSA) is 60.5 Å². The van der Waals surface area contributed by atoms with Crippen LogP contribution in [0.15, 0.2) is 42.7 Å². The van der Waals surface area contributed by atoms with Crippen molar-refractivity contribution in [2.45, 2.75) is 32.2 Å². The van der Waals surface area contributed by atoms with Gasteiger partial charge in [-0.2, -0.15) is 0 Å². The lowest BCUT2D eigenvalue weighted by molar-refractivity contribution is -0.122. The van der Waals surface area contributed by atoms with E-state index in [0.717, 1.165) is 11.1 Å². The van der Waals surface area contributed by atoms with Gasteiger partial charge in [0.15, 0.2) is 11.5 Å². The molecule has 1 aromatic carbocycles. The molecule has 2 rings (SSSR count). The highest BCUT2D eigenvalue weighted by Gasteiger charge is 2.22. The number of aromatic nitrogens is 1. The van der Waals surface area contributed by atoms with Gasteiger partial charge in [0, 0.05) is 18.8 Å². The third kappa shape index (κ3) is 4.47. The van der Waals surface area contributed by atoms with Gasteiger partial charge in [0.25, 0.3) is 0 Å². The van der Waals surface area contributed by atoms with E-state index in [1.807, 2.05) is 44.2 Å². The third-order valence-electron chi connectivity index (χ3n) is 3.92. The number of hydrogen-bond acceptors (Lipinski definition) is 4. The number of methoxy groups -OCH3 is 2. The Kier molecular flexibility index (Phi) is 5.79. The summed E-state index contributed by atoms with van der Waals surface area (Å²) in [6.45, 7) is 3.94. The molecule has 0 bridgehead atoms. The van der Waals surface area contributed by atoms with Crippen molar-refractivity contribution in [3.63, 3.8) is 0 Å². The fourth-order valence-corrected chi connectivity index (χ4v) is 2.51. The first-order chi connectivity index (χ1) is 11.5. The Morgan fingerprint density at radius 3 is 2.54 bits per heavy atom. The number of carbonyl (C=O) groups is 1. The zero-order chi connectivity index (χ0) is 17.6. The first-order valence-electron chi connectivity index (χ1n) is 7.88. The van der Waals surface area contributed by atoms with Gasteiger partial charge in [0.1, 0.15) is 0 Å². The highest BCUT2D eigenvalue weighted by molar-refractivity contribution is 5.77. The molecule has 128 valence electrons. The SMILES string of the molecule is COc1ccc(CCC(=O)NC(C)(C)c2cccnc2)cc1OC. The van der Waals surface area contributed by atoms with Crippen molar-refractivity contribution >= 4 is 5.91 Å². The minimum atomic E-state index is -0.455. The fourth-order valence-electron chi connectivity index (χ4n) is 2.51. The van der Waals surface area contributed by atoms with Gasteiger partial charge in [-0.15, -0.1) is 0 Å². The van der Waals surface area contributed by atoms with E-state index in [1.165, 1.54) is 0 Å². The molecule has 24 heavy (non-hydrogen) atoms. The number of aryl methyl sites for hydroxylation is 1. The molecule has 0 aliphatic carbocycles. The lowest BCUT2D eigenvalue weighted by Gasteiger charge is -2.26. The maximum absolute atomic E-state index is 12.3. The number of nitrogens with one attached hydrogen (secondary N) is 1. The average molecular weight is 328 g/mol. The third-order valence-corrected chi connectivity index (χ3v) is 3.92. The average Bonchev–Trinajstić information content (AvgIpc) is 2.60. The van der Waals surface area contributed by atoms with Crippen LogP contribution < -0.4 is 14.8 Å². The van der Waals surface area contributed by atoms with Crippen LogP contribution in [-0.2, 0) is 16.8 Å². The van der Waals surface area contributed by atoms with Gasteiger partial charge in [-0.1, -0.05) is 12.1 Å². The van der Waals surface area contributed by atoms with Crippen molar-refractivity contribution in [1.29, 1.82) is 0 Å². The van der Waals surface area contributed by atoms with E-state index < -0.39 is 5.54 Å². The van der Waals surface area contributed by atoms with Crippen LogP contribution >= 0.6 is 0 Å². The van der Waals surface area contributed by atoms with Crippen LogP contribution in [0.5, 0.6) is 11.5 Å². The van der Waals surface area contributed by atoms with Gasteiger partial charge in [0.2, 0.25) is 5.91 Å². The van der Waals surface area contributed by atoms with E-state index in [0.29, 0.717) is 24.3 Å². The Morgan fingerprint density at radius 2 is 1.92 bits per heavy atom. The molecule has 0 spiro atoms. The molecule has 1 N–H and O–H groups in total. The summed E-state index contributed by atoms with van der Waals surface area (Å²) in [6.07, 6.45) is 4.53. The first kappa shape index (κ1) is 17.8. The number of nitrogens with zero attached hydrogens (tertiary/aromatic N) is 1. The standard InChI is InChI=1S/C19H24N2O3/c1-19(2,15-6-5-11-20-13-15)21-18(22)10-8-14-7-9-16(23-3)17(12-14)24-4/h5-7,9,11-13H,8,10H2,1-4H3,(H,21,22). The van der Waals surface area contributed by atoms with Gasteiger partial charge < -0.3 is 14.8 Å². The van der Waals surface area contributed by atoms with Crippen LogP contribution in [-0.4, -0.2) is 25.1 Å². The Balaban J connectivity index is 1.96. The van der Waals surface area contributed by atoms with E-state index in [9.17, 15) is 4.79 Å². The van der Waals surface area contributed by atoms with E-state index in [-0.39, 0.29) is 5.91 Å². The van der Waals surface area contributed by atoms with Crippen LogP contribution in [0, 0.1) is 0 Å². The van der Waals surface area contributed by atoms with Crippen molar-refractivity contribution in [2.75, 3.05) is 14.2 Å². The molecule has 1 heterocycles. The molecule has 0 fully saturated rings. The summed E-state index contributed by atoms with van der Waals surface area (Å²) in [4.78, 5) is 16.4. The predicted octanol–water partition coefficient (Wildman–Crippen LogP) is 3.08. The molecule has 0 atom stereocenters. The second-order valence-corrected chi connectivity index (χ2v) is 6.10. The molecule has 0 aliphatic heterocycles. The normalized spacial score (nSPS) is 11.0. The summed E-state index contributed by atoms with van der Waals surface area (Å²) in [6, 6.07) is 9.53. The number of hydrogen-bond donors (Lipinski definition) is 1. The largest absolute Gasteiger partial charge is 0.493 e. The zero-order valence-electron chi connectivity index (χ0n) is 14.6. The summed E-state index contributed by atoms with van der Waals surface area (Å²) in [7, 11) is 3.20. The molecule has 1 aromatic heterocycles. The minimum absolute atomic E-state index is 0.00126. The minimum Gasteiger partial charge on any atom is -0.493 e. The van der Waals surface area contributed by atoms with E-state index in [1.54, 1.807) is 26.6 Å². The molecule has 0 saturated carbocycles. The highest BCUT2D eigenvalue weighted by Crippen LogP contribution is 2.28. The van der Waals surface area contributed by atoms with Crippen LogP contribution in [0.4, 0.5) is 0 Å². The molecule has 1 amide bonds. The van der Waals surface area contributed by atoms with Crippen molar-refractivity contribution in [2.24, 2.45) is 0 Å². The van der Waals surface area contributed by atoms with Crippen molar-refractivity contribution in [3.05, 3.63) is 53.9 Å². The van der Waals surface area contributed by atoms with Gasteiger partial charge in [0.05, 0.1) is 19.8 Å². The number of rotatable bonds is 7. The van der Waals surface area contributed by atoms with Crippen LogP contribution in [0.3, 0.4) is 0 Å². The van der Waals surface area contributed by atoms with Crippen molar-refractivity contribution < 1.29 is 14.3 Å². The Bertz CT molecular complexity index is 684. The molecule has 0 radical (unpaired) electrons. The first-order valence-corrected chi connectivity index (χ1v) is 7.88. The van der Waals surface area contributed by atoms with Crippen LogP contribution in [0.2, 0.25) is 0 Å². The van der Waals surface area contributed by atoms with Crippen LogP contribution in [0.25, 0.3) is 0 Å². The summed E-state index contributed by atoms with van der Waals surface area (Å²) < 4.78 is 10.5. The Morgan fingerprint density at radius 1 is 1.17 bits per heavy atom. The summed E-state index contributed by atoms with van der Waals surface area (Å²) in [5.74, 6) is 1.35. The van der Waals surface area contributed by atoms with Gasteiger partial charge in [-0.05, 0) is 49.6 Å². The lowest BCUT2D eigenvalue weighted by atomic mass is 9.95. The summed E-state index contributed by atoms with van der Waals surface area (Å²) in [5, 5.41) is 3.06. The number of amides is 1. The molecular formula is C19H24N2O3. The quantitative estimate of drug-likeness (QED) is 0.848. The maximum Gasteiger partial charge on any atom is 0.221 e. The summed E-state index contributed by atoms with van der Waals surface area (Å²) >= 11 is 0. The Labute approximate surface area is 143 Å². The van der Waals surface area contributed by atoms with Crippen molar-refractivity contribution in [1.82, 2.24) is 10.3 Å². The molecule has 0 unspecified atom stereocenters. The van der Waals surface area contributed by atoms with Crippen molar-refractivity contribution in [3.8, 4) is 11.5 Å². The monoisotopic (exact) mass is 328 g/mol. The molecule has 2 aromatic rings. The molecule has 5 nitrogen and oxygen atoms in total. The van der Waals surface area contributed by atoms with Gasteiger partial charge in [-0.3, -0.25) is 9.78 Å². The van der Waals surface area contributed by atoms with Crippen LogP contribution in [0.1, 0.15) is 31.4 Å². The summed E-state index contributed by atoms with van der Waals surface area (Å²) in [5.41, 5.74) is 1.55. The second-order valence-electron chi connectivity index (χ2n) is 6.10. The smallest absolute Gasteiger partial charge is 0.221 e. The predicted molar refractivity (Wildman–Crippen MR) is 93.3 cm³/mol. The van der Waals surface area contributed by atoms with Gasteiger partial charge >= 0.3 is 0 Å². The van der Waals surface area contributed by atoms with E-state index in [2.05, 4.69) is 10.3 Å². The lowest BCUT2D eigenvalue weighted by Crippen LogP contribution is -2.41.